The van der Waals surface area contributed by atoms with Crippen LogP contribution < -0.4 is 5.73 Å². The first-order valence-corrected chi connectivity index (χ1v) is 5.48. The van der Waals surface area contributed by atoms with Gasteiger partial charge in [-0.2, -0.15) is 0 Å². The van der Waals surface area contributed by atoms with E-state index in [-0.39, 0.29) is 0 Å². The van der Waals surface area contributed by atoms with Crippen LogP contribution >= 0.6 is 11.3 Å². The van der Waals surface area contributed by atoms with Crippen LogP contribution in [0.2, 0.25) is 0 Å². The van der Waals surface area contributed by atoms with E-state index in [0.29, 0.717) is 11.6 Å². The van der Waals surface area contributed by atoms with Crippen LogP contribution in [0, 0.1) is 0 Å². The molecule has 0 aliphatic carbocycles. The zero-order chi connectivity index (χ0) is 10.1. The van der Waals surface area contributed by atoms with Crippen LogP contribution in [0.5, 0.6) is 0 Å². The van der Waals surface area contributed by atoms with E-state index in [2.05, 4.69) is 16.9 Å². The Morgan fingerprint density at radius 1 is 1.79 bits per heavy atom. The number of amides is 1. The van der Waals surface area contributed by atoms with Crippen LogP contribution in [0.3, 0.4) is 0 Å². The molecule has 5 heteroatoms. The van der Waals surface area contributed by atoms with Crippen molar-refractivity contribution in [1.82, 2.24) is 9.88 Å². The molecule has 0 radical (unpaired) electrons. The van der Waals surface area contributed by atoms with Gasteiger partial charge in [0.2, 0.25) is 0 Å². The number of hydrogen-bond donors (Lipinski definition) is 1. The van der Waals surface area contributed by atoms with E-state index >= 15 is 0 Å². The Morgan fingerprint density at radius 2 is 2.57 bits per heavy atom. The summed E-state index contributed by atoms with van der Waals surface area (Å²) in [5.74, 6) is 0.0527. The van der Waals surface area contributed by atoms with E-state index in [0.717, 1.165) is 24.5 Å². The number of primary amides is 1. The summed E-state index contributed by atoms with van der Waals surface area (Å²) in [6.07, 6.45) is 1.13. The van der Waals surface area contributed by atoms with Gasteiger partial charge in [-0.1, -0.05) is 0 Å². The van der Waals surface area contributed by atoms with E-state index in [1.165, 1.54) is 11.3 Å². The number of likely N-dealkylation sites (N-methyl/N-ethyl adjacent to an activating group) is 1. The summed E-state index contributed by atoms with van der Waals surface area (Å²) >= 11 is 1.54. The molecule has 1 aliphatic heterocycles. The van der Waals surface area contributed by atoms with Crippen molar-refractivity contribution in [3.63, 3.8) is 0 Å². The van der Waals surface area contributed by atoms with E-state index in [4.69, 9.17) is 5.73 Å². The molecule has 1 aromatic rings. The monoisotopic (exact) mass is 211 g/mol. The molecule has 1 aliphatic rings. The molecule has 1 saturated heterocycles. The minimum absolute atomic E-state index is 0.402. The Morgan fingerprint density at radius 3 is 3.07 bits per heavy atom. The maximum Gasteiger partial charge on any atom is 0.268 e. The van der Waals surface area contributed by atoms with E-state index < -0.39 is 5.91 Å². The fourth-order valence-corrected chi connectivity index (χ4v) is 2.66. The van der Waals surface area contributed by atoms with Crippen molar-refractivity contribution in [2.75, 3.05) is 20.1 Å². The second-order valence-corrected chi connectivity index (χ2v) is 4.57. The fraction of sp³-hybridized carbons (Fsp3) is 0.556. The summed E-state index contributed by atoms with van der Waals surface area (Å²) in [4.78, 5) is 17.4. The predicted octanol–water partition coefficient (Wildman–Crippen LogP) is 0.661. The molecule has 1 atom stereocenters. The number of aromatic nitrogens is 1. The summed E-state index contributed by atoms with van der Waals surface area (Å²) in [6.45, 7) is 2.14. The summed E-state index contributed by atoms with van der Waals surface area (Å²) < 4.78 is 0. The van der Waals surface area contributed by atoms with Crippen LogP contribution in [0.25, 0.3) is 0 Å². The molecule has 0 saturated carbocycles. The Balaban J connectivity index is 2.13. The normalized spacial score (nSPS) is 22.8. The van der Waals surface area contributed by atoms with Crippen LogP contribution in [0.15, 0.2) is 5.38 Å². The highest BCUT2D eigenvalue weighted by molar-refractivity contribution is 7.09. The summed E-state index contributed by atoms with van der Waals surface area (Å²) in [5, 5.41) is 2.79. The van der Waals surface area contributed by atoms with Crippen molar-refractivity contribution < 1.29 is 4.79 Å². The highest BCUT2D eigenvalue weighted by Gasteiger charge is 2.24. The standard InChI is InChI=1S/C9H13N3OS/c1-12-3-2-6(4-12)9-11-7(5-14-9)8(10)13/h5-6H,2-4H2,1H3,(H2,10,13). The van der Waals surface area contributed by atoms with Gasteiger partial charge in [0.25, 0.3) is 5.91 Å². The molecule has 0 spiro atoms. The second-order valence-electron chi connectivity index (χ2n) is 3.68. The lowest BCUT2D eigenvalue weighted by molar-refractivity contribution is 0.0996. The van der Waals surface area contributed by atoms with Gasteiger partial charge in [0.1, 0.15) is 5.69 Å². The van der Waals surface area contributed by atoms with Crippen molar-refractivity contribution in [1.29, 1.82) is 0 Å². The summed E-state index contributed by atoms with van der Waals surface area (Å²) in [5.41, 5.74) is 5.55. The van der Waals surface area contributed by atoms with Gasteiger partial charge in [0.15, 0.2) is 0 Å². The molecule has 1 amide bonds. The Labute approximate surface area is 86.7 Å². The topological polar surface area (TPSA) is 59.2 Å². The number of rotatable bonds is 2. The number of carbonyl (C=O) groups is 1. The third kappa shape index (κ3) is 1.78. The largest absolute Gasteiger partial charge is 0.364 e. The zero-order valence-electron chi connectivity index (χ0n) is 8.06. The van der Waals surface area contributed by atoms with Crippen molar-refractivity contribution in [3.8, 4) is 0 Å². The van der Waals surface area contributed by atoms with E-state index in [1.807, 2.05) is 0 Å². The third-order valence-electron chi connectivity index (χ3n) is 2.51. The maximum absolute atomic E-state index is 10.8. The molecule has 2 N–H and O–H groups in total. The Bertz CT molecular complexity index is 350. The molecule has 4 nitrogen and oxygen atoms in total. The van der Waals surface area contributed by atoms with Crippen molar-refractivity contribution in [3.05, 3.63) is 16.1 Å². The van der Waals surface area contributed by atoms with Gasteiger partial charge < -0.3 is 10.6 Å². The minimum atomic E-state index is -0.432. The minimum Gasteiger partial charge on any atom is -0.364 e. The molecule has 0 aromatic carbocycles. The molecule has 1 unspecified atom stereocenters. The van der Waals surface area contributed by atoms with Gasteiger partial charge >= 0.3 is 0 Å². The molecule has 76 valence electrons. The number of likely N-dealkylation sites (tertiary alicyclic amines) is 1. The first-order chi connectivity index (χ1) is 6.66. The first kappa shape index (κ1) is 9.61. The van der Waals surface area contributed by atoms with Gasteiger partial charge in [-0.15, -0.1) is 11.3 Å². The number of nitrogens with zero attached hydrogens (tertiary/aromatic N) is 2. The third-order valence-corrected chi connectivity index (χ3v) is 3.52. The number of carbonyl (C=O) groups excluding carboxylic acids is 1. The van der Waals surface area contributed by atoms with Crippen LogP contribution in [-0.4, -0.2) is 35.9 Å². The highest BCUT2D eigenvalue weighted by Crippen LogP contribution is 2.28. The second kappa shape index (κ2) is 3.67. The summed E-state index contributed by atoms with van der Waals surface area (Å²) in [7, 11) is 2.10. The molecule has 1 aromatic heterocycles. The van der Waals surface area contributed by atoms with Gasteiger partial charge in [-0.3, -0.25) is 4.79 Å². The zero-order valence-corrected chi connectivity index (χ0v) is 8.88. The van der Waals surface area contributed by atoms with Crippen molar-refractivity contribution in [2.45, 2.75) is 12.3 Å². The molecular formula is C9H13N3OS. The average Bonchev–Trinajstić information content (AvgIpc) is 2.70. The van der Waals surface area contributed by atoms with E-state index in [9.17, 15) is 4.79 Å². The van der Waals surface area contributed by atoms with Crippen molar-refractivity contribution in [2.24, 2.45) is 5.73 Å². The molecule has 2 rings (SSSR count). The average molecular weight is 211 g/mol. The van der Waals surface area contributed by atoms with Crippen molar-refractivity contribution >= 4 is 17.2 Å². The fourth-order valence-electron chi connectivity index (χ4n) is 1.72. The molecule has 0 bridgehead atoms. The predicted molar refractivity (Wildman–Crippen MR) is 55.5 cm³/mol. The van der Waals surface area contributed by atoms with Gasteiger partial charge in [0, 0.05) is 17.8 Å². The van der Waals surface area contributed by atoms with Gasteiger partial charge in [0.05, 0.1) is 5.01 Å². The van der Waals surface area contributed by atoms with Gasteiger partial charge in [-0.05, 0) is 20.0 Å². The van der Waals surface area contributed by atoms with Gasteiger partial charge in [-0.25, -0.2) is 4.98 Å². The summed E-state index contributed by atoms with van der Waals surface area (Å²) in [6, 6.07) is 0. The molecular weight excluding hydrogens is 198 g/mol. The number of nitrogens with two attached hydrogens (primary N) is 1. The Kier molecular flexibility index (Phi) is 2.52. The lowest BCUT2D eigenvalue weighted by Gasteiger charge is -2.06. The molecule has 1 fully saturated rings. The first-order valence-electron chi connectivity index (χ1n) is 4.60. The van der Waals surface area contributed by atoms with E-state index in [1.54, 1.807) is 5.38 Å². The molecule has 2 heterocycles. The number of hydrogen-bond acceptors (Lipinski definition) is 4. The maximum atomic E-state index is 10.8. The quantitative estimate of drug-likeness (QED) is 0.781. The van der Waals surface area contributed by atoms with Crippen LogP contribution in [-0.2, 0) is 0 Å². The lowest BCUT2D eigenvalue weighted by Crippen LogP contribution is -2.14. The smallest absolute Gasteiger partial charge is 0.268 e. The SMILES string of the molecule is CN1CCC(c2nc(C(N)=O)cs2)C1. The molecule has 14 heavy (non-hydrogen) atoms. The van der Waals surface area contributed by atoms with Crippen LogP contribution in [0.4, 0.5) is 0 Å². The highest BCUT2D eigenvalue weighted by atomic mass is 32.1. The lowest BCUT2D eigenvalue weighted by atomic mass is 10.1. The number of thiazole rings is 1. The Hall–Kier alpha value is -0.940. The van der Waals surface area contributed by atoms with Crippen LogP contribution in [0.1, 0.15) is 27.8 Å².